The molecule has 15 heavy (non-hydrogen) atoms. The number of aliphatic hydroxyl groups excluding tert-OH is 2. The van der Waals surface area contributed by atoms with Crippen LogP contribution in [-0.4, -0.2) is 29.3 Å². The number of hydrogen-bond acceptors (Lipinski definition) is 4. The Morgan fingerprint density at radius 2 is 1.87 bits per heavy atom. The molecule has 1 rings (SSSR count). The van der Waals surface area contributed by atoms with Crippen molar-refractivity contribution in [1.29, 1.82) is 0 Å². The Morgan fingerprint density at radius 1 is 1.33 bits per heavy atom. The van der Waals surface area contributed by atoms with Crippen LogP contribution in [0.25, 0.3) is 0 Å². The maximum absolute atomic E-state index is 10.6. The van der Waals surface area contributed by atoms with Crippen LogP contribution in [0.1, 0.15) is 11.7 Å². The van der Waals surface area contributed by atoms with E-state index in [9.17, 15) is 15.0 Å². The maximum atomic E-state index is 10.6. The molecule has 0 aliphatic rings. The topological polar surface area (TPSA) is 95.6 Å². The Balaban J connectivity index is 2.82. The first-order valence-corrected chi connectivity index (χ1v) is 4.49. The van der Waals surface area contributed by atoms with Gasteiger partial charge in [0.25, 0.3) is 0 Å². The van der Waals surface area contributed by atoms with E-state index >= 15 is 0 Å². The first-order chi connectivity index (χ1) is 7.06. The highest BCUT2D eigenvalue weighted by atomic mass is 16.3. The van der Waals surface area contributed by atoms with Crippen molar-refractivity contribution >= 4 is 11.6 Å². The minimum atomic E-state index is -1.58. The summed E-state index contributed by atoms with van der Waals surface area (Å²) < 4.78 is 0. The van der Waals surface area contributed by atoms with E-state index in [4.69, 9.17) is 5.73 Å². The number of carbonyl (C=O) groups excluding carboxylic acids is 1. The third-order valence-electron chi connectivity index (χ3n) is 2.13. The predicted molar refractivity (Wildman–Crippen MR) is 56.1 cm³/mol. The summed E-state index contributed by atoms with van der Waals surface area (Å²) in [5.41, 5.74) is 6.19. The second kappa shape index (κ2) is 4.77. The molecule has 1 aromatic rings. The lowest BCUT2D eigenvalue weighted by Gasteiger charge is -2.15. The van der Waals surface area contributed by atoms with Gasteiger partial charge in [0.1, 0.15) is 6.10 Å². The molecule has 0 aliphatic carbocycles. The highest BCUT2D eigenvalue weighted by Gasteiger charge is 2.22. The van der Waals surface area contributed by atoms with Crippen LogP contribution in [0.15, 0.2) is 24.3 Å². The summed E-state index contributed by atoms with van der Waals surface area (Å²) in [5, 5.41) is 21.7. The Labute approximate surface area is 87.5 Å². The van der Waals surface area contributed by atoms with E-state index in [1.807, 2.05) is 0 Å². The van der Waals surface area contributed by atoms with Gasteiger partial charge in [-0.05, 0) is 17.7 Å². The molecule has 0 heterocycles. The van der Waals surface area contributed by atoms with Crippen LogP contribution < -0.4 is 11.1 Å². The molecule has 5 nitrogen and oxygen atoms in total. The zero-order valence-corrected chi connectivity index (χ0v) is 8.34. The lowest BCUT2D eigenvalue weighted by molar-refractivity contribution is -0.131. The van der Waals surface area contributed by atoms with Crippen molar-refractivity contribution in [3.63, 3.8) is 0 Å². The van der Waals surface area contributed by atoms with E-state index in [0.29, 0.717) is 5.56 Å². The van der Waals surface area contributed by atoms with Gasteiger partial charge in [0.15, 0.2) is 6.10 Å². The van der Waals surface area contributed by atoms with Gasteiger partial charge in [0, 0.05) is 12.7 Å². The van der Waals surface area contributed by atoms with Crippen LogP contribution in [0.2, 0.25) is 0 Å². The summed E-state index contributed by atoms with van der Waals surface area (Å²) >= 11 is 0. The molecule has 0 aliphatic heterocycles. The highest BCUT2D eigenvalue weighted by molar-refractivity contribution is 5.79. The molecule has 82 valence electrons. The molecule has 1 aromatic carbocycles. The summed E-state index contributed by atoms with van der Waals surface area (Å²) in [6, 6.07) is 6.68. The molecule has 0 aromatic heterocycles. The average Bonchev–Trinajstić information content (AvgIpc) is 2.27. The van der Waals surface area contributed by atoms with Gasteiger partial charge in [0.2, 0.25) is 5.91 Å². The third kappa shape index (κ3) is 2.68. The smallest absolute Gasteiger partial charge is 0.249 e. The van der Waals surface area contributed by atoms with Crippen molar-refractivity contribution in [1.82, 2.24) is 0 Å². The molecule has 1 amide bonds. The van der Waals surface area contributed by atoms with E-state index in [1.165, 1.54) is 0 Å². The monoisotopic (exact) mass is 210 g/mol. The minimum absolute atomic E-state index is 0.445. The number of nitrogens with two attached hydrogens (primary N) is 1. The first kappa shape index (κ1) is 11.5. The van der Waals surface area contributed by atoms with Gasteiger partial charge in [0.05, 0.1) is 0 Å². The van der Waals surface area contributed by atoms with Gasteiger partial charge in [-0.3, -0.25) is 4.79 Å². The third-order valence-corrected chi connectivity index (χ3v) is 2.13. The first-order valence-electron chi connectivity index (χ1n) is 4.49. The lowest BCUT2D eigenvalue weighted by Crippen LogP contribution is -2.33. The Bertz CT molecular complexity index is 337. The van der Waals surface area contributed by atoms with Gasteiger partial charge in [-0.15, -0.1) is 0 Å². The largest absolute Gasteiger partial charge is 0.388 e. The van der Waals surface area contributed by atoms with Gasteiger partial charge in [-0.25, -0.2) is 0 Å². The minimum Gasteiger partial charge on any atom is -0.388 e. The highest BCUT2D eigenvalue weighted by Crippen LogP contribution is 2.18. The van der Waals surface area contributed by atoms with Crippen molar-refractivity contribution in [3.05, 3.63) is 29.8 Å². The number of benzene rings is 1. The Kier molecular flexibility index (Phi) is 3.65. The maximum Gasteiger partial charge on any atom is 0.249 e. The van der Waals surface area contributed by atoms with Crippen LogP contribution in [0.4, 0.5) is 5.69 Å². The number of primary amides is 1. The summed E-state index contributed by atoms with van der Waals surface area (Å²) in [4.78, 5) is 10.6. The van der Waals surface area contributed by atoms with E-state index in [2.05, 4.69) is 5.32 Å². The molecule has 5 N–H and O–H groups in total. The van der Waals surface area contributed by atoms with Crippen molar-refractivity contribution < 1.29 is 15.0 Å². The number of carbonyl (C=O) groups is 1. The molecule has 2 unspecified atom stereocenters. The second-order valence-corrected chi connectivity index (χ2v) is 3.16. The van der Waals surface area contributed by atoms with Crippen molar-refractivity contribution in [2.45, 2.75) is 12.2 Å². The van der Waals surface area contributed by atoms with Crippen molar-refractivity contribution in [2.24, 2.45) is 5.73 Å². The molecule has 0 saturated carbocycles. The van der Waals surface area contributed by atoms with Crippen LogP contribution in [0, 0.1) is 0 Å². The average molecular weight is 210 g/mol. The standard InChI is InChI=1S/C10H14N2O3/c1-12-7-4-2-6(3-5-7)8(13)9(14)10(11)15/h2-5,8-9,12-14H,1H3,(H2,11,15). The van der Waals surface area contributed by atoms with Gasteiger partial charge in [-0.1, -0.05) is 12.1 Å². The van der Waals surface area contributed by atoms with E-state index in [1.54, 1.807) is 31.3 Å². The zero-order valence-electron chi connectivity index (χ0n) is 8.34. The fraction of sp³-hybridized carbons (Fsp3) is 0.300. The molecular formula is C10H14N2O3. The van der Waals surface area contributed by atoms with Gasteiger partial charge >= 0.3 is 0 Å². The number of rotatable bonds is 4. The normalized spacial score (nSPS) is 14.3. The summed E-state index contributed by atoms with van der Waals surface area (Å²) in [7, 11) is 1.77. The van der Waals surface area contributed by atoms with Crippen LogP contribution in [-0.2, 0) is 4.79 Å². The molecule has 5 heteroatoms. The molecule has 0 radical (unpaired) electrons. The number of aliphatic hydroxyl groups is 2. The fourth-order valence-electron chi connectivity index (χ4n) is 1.18. The van der Waals surface area contributed by atoms with Crippen molar-refractivity contribution in [2.75, 3.05) is 12.4 Å². The number of hydrogen-bond donors (Lipinski definition) is 4. The van der Waals surface area contributed by atoms with Crippen LogP contribution in [0.3, 0.4) is 0 Å². The molecule has 0 saturated heterocycles. The fourth-order valence-corrected chi connectivity index (χ4v) is 1.18. The number of nitrogens with one attached hydrogen (secondary N) is 1. The van der Waals surface area contributed by atoms with Crippen molar-refractivity contribution in [3.8, 4) is 0 Å². The molecular weight excluding hydrogens is 196 g/mol. The summed E-state index contributed by atoms with van der Waals surface area (Å²) in [6.07, 6.45) is -2.86. The molecule has 2 atom stereocenters. The van der Waals surface area contributed by atoms with E-state index in [0.717, 1.165) is 5.69 Å². The van der Waals surface area contributed by atoms with Crippen LogP contribution >= 0.6 is 0 Å². The Hall–Kier alpha value is -1.59. The second-order valence-electron chi connectivity index (χ2n) is 3.16. The SMILES string of the molecule is CNc1ccc(C(O)C(O)C(N)=O)cc1. The predicted octanol–water partition coefficient (Wildman–Crippen LogP) is -0.392. The quantitative estimate of drug-likeness (QED) is 0.544. The zero-order chi connectivity index (χ0) is 11.4. The van der Waals surface area contributed by atoms with Crippen LogP contribution in [0.5, 0.6) is 0 Å². The number of amides is 1. The summed E-state index contributed by atoms with van der Waals surface area (Å²) in [6.45, 7) is 0. The summed E-state index contributed by atoms with van der Waals surface area (Å²) in [5.74, 6) is -0.944. The van der Waals surface area contributed by atoms with Gasteiger partial charge in [-0.2, -0.15) is 0 Å². The van der Waals surface area contributed by atoms with E-state index in [-0.39, 0.29) is 0 Å². The molecule has 0 fully saturated rings. The van der Waals surface area contributed by atoms with E-state index < -0.39 is 18.1 Å². The number of anilines is 1. The lowest BCUT2D eigenvalue weighted by atomic mass is 10.0. The Morgan fingerprint density at radius 3 is 2.27 bits per heavy atom. The van der Waals surface area contributed by atoms with Gasteiger partial charge < -0.3 is 21.3 Å². The molecule has 0 spiro atoms. The molecule has 0 bridgehead atoms.